The molecule has 0 aliphatic rings. The van der Waals surface area contributed by atoms with Crippen LogP contribution < -0.4 is 10.6 Å². The van der Waals surface area contributed by atoms with Crippen molar-refractivity contribution in [3.05, 3.63) is 18.1 Å². The van der Waals surface area contributed by atoms with Crippen molar-refractivity contribution in [3.8, 4) is 11.4 Å². The topological polar surface area (TPSA) is 102 Å². The molecule has 9 heteroatoms. The predicted octanol–water partition coefficient (Wildman–Crippen LogP) is 2.19. The second kappa shape index (κ2) is 8.00. The number of urea groups is 1. The van der Waals surface area contributed by atoms with Gasteiger partial charge in [-0.15, -0.1) is 10.2 Å². The summed E-state index contributed by atoms with van der Waals surface area (Å²) in [5.74, 6) is 1.15. The Morgan fingerprint density at radius 2 is 2.12 bits per heavy atom. The van der Waals surface area contributed by atoms with Gasteiger partial charge in [0.25, 0.3) is 0 Å². The molecule has 0 radical (unpaired) electrons. The molecule has 0 aromatic carbocycles. The van der Waals surface area contributed by atoms with Crippen molar-refractivity contribution in [1.29, 1.82) is 0 Å². The SMILES string of the molecule is CCn1c(SCC(=O)NC(=O)NC(C)C)nnc1-c1ccoc1C. The van der Waals surface area contributed by atoms with Crippen molar-refractivity contribution in [2.75, 3.05) is 5.75 Å². The second-order valence-electron chi connectivity index (χ2n) is 5.41. The lowest BCUT2D eigenvalue weighted by Crippen LogP contribution is -2.43. The monoisotopic (exact) mass is 351 g/mol. The molecule has 0 saturated carbocycles. The average molecular weight is 351 g/mol. The fraction of sp³-hybridized carbons (Fsp3) is 0.467. The van der Waals surface area contributed by atoms with Gasteiger partial charge in [-0.1, -0.05) is 11.8 Å². The van der Waals surface area contributed by atoms with Crippen LogP contribution in [0, 0.1) is 6.92 Å². The molecule has 0 spiro atoms. The number of carbonyl (C=O) groups excluding carboxylic acids is 2. The van der Waals surface area contributed by atoms with Gasteiger partial charge in [-0.05, 0) is 33.8 Å². The molecule has 0 fully saturated rings. The van der Waals surface area contributed by atoms with Gasteiger partial charge in [0.15, 0.2) is 11.0 Å². The summed E-state index contributed by atoms with van der Waals surface area (Å²) in [6.45, 7) is 8.13. The van der Waals surface area contributed by atoms with E-state index in [1.807, 2.05) is 38.3 Å². The van der Waals surface area contributed by atoms with Gasteiger partial charge in [0.05, 0.1) is 17.6 Å². The van der Waals surface area contributed by atoms with Gasteiger partial charge in [-0.2, -0.15) is 0 Å². The zero-order valence-electron chi connectivity index (χ0n) is 14.1. The smallest absolute Gasteiger partial charge is 0.321 e. The minimum atomic E-state index is -0.498. The lowest BCUT2D eigenvalue weighted by Gasteiger charge is -2.09. The molecule has 2 rings (SSSR count). The van der Waals surface area contributed by atoms with Crippen molar-refractivity contribution in [1.82, 2.24) is 25.4 Å². The van der Waals surface area contributed by atoms with Crippen LogP contribution in [0.25, 0.3) is 11.4 Å². The van der Waals surface area contributed by atoms with Gasteiger partial charge in [0, 0.05) is 12.6 Å². The third-order valence-electron chi connectivity index (χ3n) is 3.14. The molecule has 2 N–H and O–H groups in total. The summed E-state index contributed by atoms with van der Waals surface area (Å²) in [5.41, 5.74) is 0.872. The standard InChI is InChI=1S/C15H21N5O3S/c1-5-20-13(11-6-7-23-10(11)4)18-19-15(20)24-8-12(21)17-14(22)16-9(2)3/h6-7,9H,5,8H2,1-4H3,(H2,16,17,21,22). The molecule has 2 aromatic rings. The highest BCUT2D eigenvalue weighted by molar-refractivity contribution is 7.99. The molecule has 2 heterocycles. The quantitative estimate of drug-likeness (QED) is 0.774. The number of imide groups is 1. The highest BCUT2D eigenvalue weighted by Crippen LogP contribution is 2.26. The summed E-state index contributed by atoms with van der Waals surface area (Å²) < 4.78 is 7.21. The van der Waals surface area contributed by atoms with Crippen molar-refractivity contribution < 1.29 is 14.0 Å². The largest absolute Gasteiger partial charge is 0.469 e. The van der Waals surface area contributed by atoms with E-state index in [2.05, 4.69) is 20.8 Å². The van der Waals surface area contributed by atoms with Gasteiger partial charge in [0.1, 0.15) is 5.76 Å². The van der Waals surface area contributed by atoms with E-state index in [-0.39, 0.29) is 17.7 Å². The molecular weight excluding hydrogens is 330 g/mol. The van der Waals surface area contributed by atoms with E-state index in [1.54, 1.807) is 6.26 Å². The molecule has 0 aliphatic carbocycles. The van der Waals surface area contributed by atoms with Gasteiger partial charge in [-0.3, -0.25) is 10.1 Å². The first kappa shape index (κ1) is 18.1. The predicted molar refractivity (Wildman–Crippen MR) is 90.7 cm³/mol. The summed E-state index contributed by atoms with van der Waals surface area (Å²) >= 11 is 1.23. The van der Waals surface area contributed by atoms with Crippen molar-refractivity contribution in [2.45, 2.75) is 45.4 Å². The number of nitrogens with zero attached hydrogens (tertiary/aromatic N) is 3. The zero-order valence-corrected chi connectivity index (χ0v) is 14.9. The summed E-state index contributed by atoms with van der Waals surface area (Å²) in [4.78, 5) is 23.3. The lowest BCUT2D eigenvalue weighted by molar-refractivity contribution is -0.117. The van der Waals surface area contributed by atoms with Crippen LogP contribution in [0.5, 0.6) is 0 Å². The van der Waals surface area contributed by atoms with Crippen LogP contribution in [0.4, 0.5) is 4.79 Å². The molecule has 2 aromatic heterocycles. The first-order chi connectivity index (χ1) is 11.4. The Bertz CT molecular complexity index is 723. The van der Waals surface area contributed by atoms with E-state index in [4.69, 9.17) is 4.42 Å². The third-order valence-corrected chi connectivity index (χ3v) is 4.10. The molecule has 0 unspecified atom stereocenters. The molecule has 0 saturated heterocycles. The summed E-state index contributed by atoms with van der Waals surface area (Å²) in [6.07, 6.45) is 1.60. The first-order valence-corrected chi connectivity index (χ1v) is 8.61. The molecule has 130 valence electrons. The number of nitrogens with one attached hydrogen (secondary N) is 2. The number of amides is 3. The third kappa shape index (κ3) is 4.38. The van der Waals surface area contributed by atoms with Crippen LogP contribution in [-0.2, 0) is 11.3 Å². The number of carbonyl (C=O) groups is 2. The van der Waals surface area contributed by atoms with Crippen LogP contribution in [0.1, 0.15) is 26.5 Å². The number of furan rings is 1. The Labute approximate surface area is 144 Å². The molecule has 24 heavy (non-hydrogen) atoms. The summed E-state index contributed by atoms with van der Waals surface area (Å²) in [7, 11) is 0. The zero-order chi connectivity index (χ0) is 17.7. The van der Waals surface area contributed by atoms with E-state index >= 15 is 0 Å². The molecule has 3 amide bonds. The number of aromatic nitrogens is 3. The van der Waals surface area contributed by atoms with Crippen LogP contribution in [0.3, 0.4) is 0 Å². The van der Waals surface area contributed by atoms with Crippen LogP contribution in [0.2, 0.25) is 0 Å². The molecule has 0 atom stereocenters. The van der Waals surface area contributed by atoms with Gasteiger partial charge in [-0.25, -0.2) is 4.79 Å². The Kier molecular flexibility index (Phi) is 6.02. The van der Waals surface area contributed by atoms with E-state index < -0.39 is 6.03 Å². The molecule has 0 bridgehead atoms. The Morgan fingerprint density at radius 1 is 1.38 bits per heavy atom. The van der Waals surface area contributed by atoms with Crippen LogP contribution in [-0.4, -0.2) is 38.5 Å². The minimum Gasteiger partial charge on any atom is -0.469 e. The van der Waals surface area contributed by atoms with Crippen molar-refractivity contribution in [3.63, 3.8) is 0 Å². The van der Waals surface area contributed by atoms with E-state index in [0.29, 0.717) is 17.5 Å². The summed E-state index contributed by atoms with van der Waals surface area (Å²) in [6, 6.07) is 1.31. The van der Waals surface area contributed by atoms with Crippen LogP contribution in [0.15, 0.2) is 21.9 Å². The number of aryl methyl sites for hydroxylation is 1. The lowest BCUT2D eigenvalue weighted by atomic mass is 10.2. The Morgan fingerprint density at radius 3 is 2.71 bits per heavy atom. The molecular formula is C15H21N5O3S. The molecule has 8 nitrogen and oxygen atoms in total. The van der Waals surface area contributed by atoms with E-state index in [9.17, 15) is 9.59 Å². The highest BCUT2D eigenvalue weighted by atomic mass is 32.2. The molecule has 0 aliphatic heterocycles. The van der Waals surface area contributed by atoms with E-state index in [1.165, 1.54) is 11.8 Å². The second-order valence-corrected chi connectivity index (χ2v) is 6.35. The Balaban J connectivity index is 2.01. The van der Waals surface area contributed by atoms with Gasteiger partial charge in [0.2, 0.25) is 5.91 Å². The van der Waals surface area contributed by atoms with Gasteiger partial charge >= 0.3 is 6.03 Å². The first-order valence-electron chi connectivity index (χ1n) is 7.63. The maximum atomic E-state index is 11.8. The van der Waals surface area contributed by atoms with Gasteiger partial charge < -0.3 is 14.3 Å². The fourth-order valence-electron chi connectivity index (χ4n) is 2.09. The normalized spacial score (nSPS) is 10.9. The average Bonchev–Trinajstić information content (AvgIpc) is 3.09. The van der Waals surface area contributed by atoms with Crippen LogP contribution >= 0.6 is 11.8 Å². The van der Waals surface area contributed by atoms with Crippen molar-refractivity contribution in [2.24, 2.45) is 0 Å². The fourth-order valence-corrected chi connectivity index (χ4v) is 2.89. The maximum absolute atomic E-state index is 11.8. The Hall–Kier alpha value is -2.29. The van der Waals surface area contributed by atoms with E-state index in [0.717, 1.165) is 11.3 Å². The number of rotatable bonds is 6. The maximum Gasteiger partial charge on any atom is 0.321 e. The number of hydrogen-bond donors (Lipinski definition) is 2. The number of hydrogen-bond acceptors (Lipinski definition) is 6. The minimum absolute atomic E-state index is 0.0330. The van der Waals surface area contributed by atoms with Crippen molar-refractivity contribution >= 4 is 23.7 Å². The summed E-state index contributed by atoms with van der Waals surface area (Å²) in [5, 5.41) is 13.8. The number of thioether (sulfide) groups is 1. The highest BCUT2D eigenvalue weighted by Gasteiger charge is 2.17.